The summed E-state index contributed by atoms with van der Waals surface area (Å²) in [6.07, 6.45) is 1.40. The Balaban J connectivity index is 1.56. The van der Waals surface area contributed by atoms with Crippen molar-refractivity contribution in [2.75, 3.05) is 0 Å². The number of rotatable bonds is 7. The van der Waals surface area contributed by atoms with Gasteiger partial charge in [0.05, 0.1) is 11.2 Å². The summed E-state index contributed by atoms with van der Waals surface area (Å²) < 4.78 is 6.97. The van der Waals surface area contributed by atoms with E-state index in [-0.39, 0.29) is 11.3 Å². The Labute approximate surface area is 209 Å². The normalized spacial score (nSPS) is 11.0. The molecule has 35 heavy (non-hydrogen) atoms. The van der Waals surface area contributed by atoms with E-state index in [2.05, 4.69) is 36.6 Å². The summed E-state index contributed by atoms with van der Waals surface area (Å²) in [4.78, 5) is 17.1. The van der Waals surface area contributed by atoms with Crippen molar-refractivity contribution in [1.82, 2.24) is 25.6 Å². The van der Waals surface area contributed by atoms with Gasteiger partial charge in [0.15, 0.2) is 5.75 Å². The number of fused-ring (bicyclic) bond motifs is 1. The average Bonchev–Trinajstić information content (AvgIpc) is 3.40. The van der Waals surface area contributed by atoms with E-state index in [1.807, 2.05) is 67.6 Å². The lowest BCUT2D eigenvalue weighted by Gasteiger charge is -2.16. The molecular weight excluding hydrogens is 510 g/mol. The van der Waals surface area contributed by atoms with E-state index in [4.69, 9.17) is 9.72 Å². The van der Waals surface area contributed by atoms with E-state index in [1.165, 1.54) is 0 Å². The van der Waals surface area contributed by atoms with Crippen molar-refractivity contribution in [3.8, 4) is 34.0 Å². The lowest BCUT2D eigenvalue weighted by atomic mass is 9.99. The van der Waals surface area contributed by atoms with Crippen LogP contribution in [0.4, 0.5) is 0 Å². The molecule has 0 aliphatic carbocycles. The lowest BCUT2D eigenvalue weighted by Crippen LogP contribution is -2.07. The molecule has 2 aromatic heterocycles. The Morgan fingerprint density at radius 2 is 1.83 bits per heavy atom. The van der Waals surface area contributed by atoms with Crippen molar-refractivity contribution in [3.63, 3.8) is 0 Å². The number of halogens is 1. The van der Waals surface area contributed by atoms with E-state index in [1.54, 1.807) is 6.07 Å². The number of hydrogen-bond acceptors (Lipinski definition) is 6. The first-order chi connectivity index (χ1) is 17.0. The zero-order valence-electron chi connectivity index (χ0n) is 18.7. The number of pyridine rings is 1. The summed E-state index contributed by atoms with van der Waals surface area (Å²) in [6, 6.07) is 20.6. The number of tetrazole rings is 1. The standard InChI is InChI=1S/C26H20BrN5O3/c1-2-5-22-24(23(26(33)34)20-14-16(27)10-13-21(20)28-22)35-17-11-8-15(9-12-17)18-6-3-4-7-19(18)25-29-31-32-30-25/h3-4,6-14H,2,5H2,1H3,(H,33,34)(H,29,30,31,32). The average molecular weight is 530 g/mol. The molecule has 0 fully saturated rings. The number of aromatic amines is 1. The van der Waals surface area contributed by atoms with Gasteiger partial charge in [-0.05, 0) is 53.1 Å². The van der Waals surface area contributed by atoms with Crippen molar-refractivity contribution in [2.45, 2.75) is 19.8 Å². The second-order valence-electron chi connectivity index (χ2n) is 7.89. The number of nitrogens with zero attached hydrogens (tertiary/aromatic N) is 4. The third-order valence-corrected chi connectivity index (χ3v) is 6.06. The van der Waals surface area contributed by atoms with E-state index < -0.39 is 5.97 Å². The summed E-state index contributed by atoms with van der Waals surface area (Å²) in [6.45, 7) is 2.02. The highest BCUT2D eigenvalue weighted by Crippen LogP contribution is 2.37. The highest BCUT2D eigenvalue weighted by Gasteiger charge is 2.22. The predicted molar refractivity (Wildman–Crippen MR) is 136 cm³/mol. The number of carboxylic acid groups (broad SMARTS) is 1. The van der Waals surface area contributed by atoms with Crippen molar-refractivity contribution in [2.24, 2.45) is 0 Å². The maximum atomic E-state index is 12.3. The number of carbonyl (C=O) groups is 1. The van der Waals surface area contributed by atoms with Crippen molar-refractivity contribution >= 4 is 32.8 Å². The fourth-order valence-corrected chi connectivity index (χ4v) is 4.38. The monoisotopic (exact) mass is 529 g/mol. The summed E-state index contributed by atoms with van der Waals surface area (Å²) in [5, 5.41) is 24.9. The quantitative estimate of drug-likeness (QED) is 0.254. The number of benzene rings is 3. The number of carboxylic acids is 1. The van der Waals surface area contributed by atoms with Gasteiger partial charge in [-0.1, -0.05) is 65.7 Å². The van der Waals surface area contributed by atoms with Crippen LogP contribution < -0.4 is 4.74 Å². The molecule has 0 spiro atoms. The number of aromatic carboxylic acids is 1. The zero-order valence-corrected chi connectivity index (χ0v) is 20.3. The maximum Gasteiger partial charge on any atom is 0.340 e. The number of aryl methyl sites for hydroxylation is 1. The molecule has 8 nitrogen and oxygen atoms in total. The number of H-pyrrole nitrogens is 1. The van der Waals surface area contributed by atoms with Gasteiger partial charge in [-0.15, -0.1) is 10.2 Å². The molecule has 5 aromatic rings. The Kier molecular flexibility index (Phi) is 6.24. The second kappa shape index (κ2) is 9.63. The predicted octanol–water partition coefficient (Wildman–Crippen LogP) is 6.29. The van der Waals surface area contributed by atoms with Crippen LogP contribution in [0.2, 0.25) is 0 Å². The molecule has 2 heterocycles. The summed E-state index contributed by atoms with van der Waals surface area (Å²) in [5.74, 6) is 0.227. The molecule has 5 rings (SSSR count). The zero-order chi connectivity index (χ0) is 24.4. The van der Waals surface area contributed by atoms with Gasteiger partial charge in [-0.3, -0.25) is 0 Å². The molecule has 3 aromatic carbocycles. The molecule has 9 heteroatoms. The minimum absolute atomic E-state index is 0.103. The lowest BCUT2D eigenvalue weighted by molar-refractivity contribution is 0.0696. The van der Waals surface area contributed by atoms with E-state index in [9.17, 15) is 9.90 Å². The molecule has 0 radical (unpaired) electrons. The van der Waals surface area contributed by atoms with Crippen LogP contribution in [0.5, 0.6) is 11.5 Å². The Hall–Kier alpha value is -4.11. The third-order valence-electron chi connectivity index (χ3n) is 5.57. The van der Waals surface area contributed by atoms with Crippen LogP contribution in [0, 0.1) is 0 Å². The van der Waals surface area contributed by atoms with Gasteiger partial charge in [0.25, 0.3) is 0 Å². The molecule has 0 saturated carbocycles. The van der Waals surface area contributed by atoms with Crippen molar-refractivity contribution < 1.29 is 14.6 Å². The van der Waals surface area contributed by atoms with Gasteiger partial charge >= 0.3 is 5.97 Å². The number of aromatic nitrogens is 5. The molecule has 0 amide bonds. The summed E-state index contributed by atoms with van der Waals surface area (Å²) in [5.41, 5.74) is 4.06. The molecule has 0 aliphatic heterocycles. The molecule has 0 saturated heterocycles. The largest absolute Gasteiger partial charge is 0.478 e. The smallest absolute Gasteiger partial charge is 0.340 e. The van der Waals surface area contributed by atoms with Crippen molar-refractivity contribution in [3.05, 3.63) is 82.5 Å². The van der Waals surface area contributed by atoms with Gasteiger partial charge in [0.2, 0.25) is 5.82 Å². The van der Waals surface area contributed by atoms with Gasteiger partial charge < -0.3 is 9.84 Å². The molecule has 2 N–H and O–H groups in total. The van der Waals surface area contributed by atoms with E-state index >= 15 is 0 Å². The second-order valence-corrected chi connectivity index (χ2v) is 8.80. The first-order valence-electron chi connectivity index (χ1n) is 11.0. The topological polar surface area (TPSA) is 114 Å². The molecule has 0 unspecified atom stereocenters. The Bertz CT molecular complexity index is 1520. The van der Waals surface area contributed by atoms with Gasteiger partial charge in [-0.2, -0.15) is 5.21 Å². The fraction of sp³-hybridized carbons (Fsp3) is 0.115. The highest BCUT2D eigenvalue weighted by atomic mass is 79.9. The molecular formula is C26H20BrN5O3. The number of hydrogen-bond donors (Lipinski definition) is 2. The van der Waals surface area contributed by atoms with E-state index in [0.29, 0.717) is 34.6 Å². The van der Waals surface area contributed by atoms with Crippen LogP contribution in [0.15, 0.2) is 71.2 Å². The first-order valence-corrected chi connectivity index (χ1v) is 11.8. The fourth-order valence-electron chi connectivity index (χ4n) is 4.02. The molecule has 0 bridgehead atoms. The molecule has 0 atom stereocenters. The molecule has 174 valence electrons. The van der Waals surface area contributed by atoms with Gasteiger partial charge in [0.1, 0.15) is 11.3 Å². The van der Waals surface area contributed by atoms with Crippen LogP contribution in [0.3, 0.4) is 0 Å². The summed E-state index contributed by atoms with van der Waals surface area (Å²) in [7, 11) is 0. The summed E-state index contributed by atoms with van der Waals surface area (Å²) >= 11 is 3.43. The van der Waals surface area contributed by atoms with Crippen molar-refractivity contribution in [1.29, 1.82) is 0 Å². The minimum Gasteiger partial charge on any atom is -0.478 e. The Morgan fingerprint density at radius 1 is 1.06 bits per heavy atom. The SMILES string of the molecule is CCCc1nc2ccc(Br)cc2c(C(=O)O)c1Oc1ccc(-c2ccccc2-c2nn[nH]n2)cc1. The first kappa shape index (κ1) is 22.7. The van der Waals surface area contributed by atoms with Crippen LogP contribution in [0.25, 0.3) is 33.4 Å². The Morgan fingerprint density at radius 3 is 2.51 bits per heavy atom. The molecule has 0 aliphatic rings. The van der Waals surface area contributed by atoms with Crippen LogP contribution in [0.1, 0.15) is 29.4 Å². The minimum atomic E-state index is -1.06. The number of nitrogens with one attached hydrogen (secondary N) is 1. The van der Waals surface area contributed by atoms with Crippen LogP contribution in [-0.2, 0) is 6.42 Å². The number of ether oxygens (including phenoxy) is 1. The highest BCUT2D eigenvalue weighted by molar-refractivity contribution is 9.10. The van der Waals surface area contributed by atoms with Gasteiger partial charge in [0, 0.05) is 15.4 Å². The third kappa shape index (κ3) is 4.50. The van der Waals surface area contributed by atoms with Crippen LogP contribution >= 0.6 is 15.9 Å². The van der Waals surface area contributed by atoms with Gasteiger partial charge in [-0.25, -0.2) is 9.78 Å². The van der Waals surface area contributed by atoms with E-state index in [0.717, 1.165) is 27.6 Å². The maximum absolute atomic E-state index is 12.3. The van der Waals surface area contributed by atoms with Crippen LogP contribution in [-0.4, -0.2) is 36.7 Å².